The molecule has 0 aliphatic rings. The highest BCUT2D eigenvalue weighted by atomic mass is 35.5. The molecule has 0 aromatic heterocycles. The van der Waals surface area contributed by atoms with Crippen LogP contribution in [0.4, 0.5) is 0 Å². The lowest BCUT2D eigenvalue weighted by Gasteiger charge is -1.65. The Morgan fingerprint density at radius 3 is 1.00 bits per heavy atom. The summed E-state index contributed by atoms with van der Waals surface area (Å²) in [6, 6.07) is 0. The van der Waals surface area contributed by atoms with Crippen molar-refractivity contribution in [1.29, 1.82) is 0 Å². The van der Waals surface area contributed by atoms with Crippen LogP contribution in [0.3, 0.4) is 0 Å². The highest BCUT2D eigenvalue weighted by Gasteiger charge is 1.60. The Morgan fingerprint density at radius 1 is 1.00 bits per heavy atom. The van der Waals surface area contributed by atoms with Gasteiger partial charge in [0.25, 0.3) is 0 Å². The SMILES string of the molecule is C=C.C=C(C)C.C=C(Cl)Cl. The largest absolute Gasteiger partial charge is 0.106 e. The predicted molar refractivity (Wildman–Crippen MR) is 52.6 cm³/mol. The molecule has 0 N–H and O–H groups in total. The van der Waals surface area contributed by atoms with Crippen molar-refractivity contribution in [1.82, 2.24) is 0 Å². The Morgan fingerprint density at radius 2 is 1.00 bits per heavy atom. The number of hydrogen-bond acceptors (Lipinski definition) is 0. The summed E-state index contributed by atoms with van der Waals surface area (Å²) in [5.74, 6) is 0. The molecule has 0 aromatic rings. The van der Waals surface area contributed by atoms with E-state index in [1.807, 2.05) is 13.8 Å². The number of hydrogen-bond donors (Lipinski definition) is 0. The molecule has 60 valence electrons. The zero-order valence-electron chi connectivity index (χ0n) is 6.58. The van der Waals surface area contributed by atoms with Gasteiger partial charge in [-0.25, -0.2) is 0 Å². The van der Waals surface area contributed by atoms with Gasteiger partial charge >= 0.3 is 0 Å². The van der Waals surface area contributed by atoms with Crippen LogP contribution in [0.5, 0.6) is 0 Å². The zero-order chi connectivity index (χ0) is 9.15. The molecule has 0 unspecified atom stereocenters. The third kappa shape index (κ3) is 9020. The average Bonchev–Trinajstić information content (AvgIpc) is 1.66. The molecule has 0 aromatic carbocycles. The minimum absolute atomic E-state index is 0.111. The first-order chi connectivity index (χ1) is 4.46. The van der Waals surface area contributed by atoms with Crippen molar-refractivity contribution in [3.63, 3.8) is 0 Å². The van der Waals surface area contributed by atoms with Gasteiger partial charge in [-0.2, -0.15) is 0 Å². The summed E-state index contributed by atoms with van der Waals surface area (Å²) in [6.45, 7) is 16.6. The standard InChI is InChI=1S/C4H8.C2H2Cl2.C2H4/c1-4(2)3;1-2(3)4;1-2/h1H2,2-3H3;1H2;1-2H2. The smallest absolute Gasteiger partial charge is 0.0992 e. The first-order valence-corrected chi connectivity index (χ1v) is 3.34. The van der Waals surface area contributed by atoms with Crippen LogP contribution >= 0.6 is 23.2 Å². The molecule has 0 aliphatic heterocycles. The Bertz CT molecular complexity index is 75.4. The third-order valence-electron chi connectivity index (χ3n) is 0. The van der Waals surface area contributed by atoms with E-state index in [2.05, 4.69) is 26.3 Å². The summed E-state index contributed by atoms with van der Waals surface area (Å²) in [7, 11) is 0. The van der Waals surface area contributed by atoms with Crippen LogP contribution in [-0.2, 0) is 0 Å². The van der Waals surface area contributed by atoms with Crippen molar-refractivity contribution in [3.05, 3.63) is 36.4 Å². The van der Waals surface area contributed by atoms with E-state index in [4.69, 9.17) is 23.2 Å². The van der Waals surface area contributed by atoms with E-state index in [1.54, 1.807) is 0 Å². The van der Waals surface area contributed by atoms with Gasteiger partial charge in [-0.1, -0.05) is 35.4 Å². The molecule has 2 heteroatoms. The van der Waals surface area contributed by atoms with E-state index in [0.717, 1.165) is 0 Å². The maximum absolute atomic E-state index is 4.85. The topological polar surface area (TPSA) is 0 Å². The molecule has 0 rings (SSSR count). The predicted octanol–water partition coefficient (Wildman–Crippen LogP) is 4.32. The fourth-order valence-electron chi connectivity index (χ4n) is 0. The van der Waals surface area contributed by atoms with E-state index in [-0.39, 0.29) is 4.49 Å². The lowest BCUT2D eigenvalue weighted by Crippen LogP contribution is -1.43. The Kier molecular flexibility index (Phi) is 26.1. The summed E-state index contributed by atoms with van der Waals surface area (Å²) in [5.41, 5.74) is 1.17. The normalized spacial score (nSPS) is 5.60. The zero-order valence-corrected chi connectivity index (χ0v) is 8.10. The lowest BCUT2D eigenvalue weighted by molar-refractivity contribution is 1.42. The number of rotatable bonds is 0. The van der Waals surface area contributed by atoms with Crippen molar-refractivity contribution in [2.24, 2.45) is 0 Å². The average molecular weight is 181 g/mol. The first-order valence-electron chi connectivity index (χ1n) is 2.59. The quantitative estimate of drug-likeness (QED) is 0.488. The summed E-state index contributed by atoms with van der Waals surface area (Å²) in [4.78, 5) is 0. The van der Waals surface area contributed by atoms with Gasteiger partial charge in [-0.15, -0.1) is 19.7 Å². The maximum Gasteiger partial charge on any atom is 0.0992 e. The van der Waals surface area contributed by atoms with Gasteiger partial charge in [0.05, 0.1) is 4.49 Å². The second-order valence-corrected chi connectivity index (χ2v) is 2.65. The lowest BCUT2D eigenvalue weighted by atomic mass is 10.4. The van der Waals surface area contributed by atoms with Gasteiger partial charge in [0.2, 0.25) is 0 Å². The Hall–Kier alpha value is -0.200. The van der Waals surface area contributed by atoms with E-state index in [0.29, 0.717) is 0 Å². The fourth-order valence-corrected chi connectivity index (χ4v) is 0. The van der Waals surface area contributed by atoms with Crippen LogP contribution in [0.15, 0.2) is 36.4 Å². The minimum atomic E-state index is 0.111. The van der Waals surface area contributed by atoms with Gasteiger partial charge in [-0.05, 0) is 13.8 Å². The summed E-state index contributed by atoms with van der Waals surface area (Å²) in [6.07, 6.45) is 0. The molecule has 0 bridgehead atoms. The number of halogens is 2. The van der Waals surface area contributed by atoms with Crippen LogP contribution < -0.4 is 0 Å². The van der Waals surface area contributed by atoms with Gasteiger partial charge in [-0.3, -0.25) is 0 Å². The van der Waals surface area contributed by atoms with E-state index in [1.165, 1.54) is 5.57 Å². The molecular weight excluding hydrogens is 167 g/mol. The maximum atomic E-state index is 4.85. The van der Waals surface area contributed by atoms with E-state index < -0.39 is 0 Å². The third-order valence-corrected chi connectivity index (χ3v) is 0. The second-order valence-electron chi connectivity index (χ2n) is 1.55. The monoisotopic (exact) mass is 180 g/mol. The van der Waals surface area contributed by atoms with Gasteiger partial charge in [0, 0.05) is 0 Å². The van der Waals surface area contributed by atoms with Crippen LogP contribution in [0.2, 0.25) is 0 Å². The molecule has 0 aliphatic carbocycles. The molecule has 0 saturated heterocycles. The molecule has 0 atom stereocenters. The van der Waals surface area contributed by atoms with Crippen LogP contribution in [0.25, 0.3) is 0 Å². The van der Waals surface area contributed by atoms with Gasteiger partial charge < -0.3 is 0 Å². The van der Waals surface area contributed by atoms with Crippen LogP contribution in [0.1, 0.15) is 13.8 Å². The van der Waals surface area contributed by atoms with Crippen LogP contribution in [-0.4, -0.2) is 0 Å². The Balaban J connectivity index is -0.0000000787. The molecule has 0 fully saturated rings. The van der Waals surface area contributed by atoms with Crippen molar-refractivity contribution in [2.75, 3.05) is 0 Å². The highest BCUT2D eigenvalue weighted by molar-refractivity contribution is 6.55. The fraction of sp³-hybridized carbons (Fsp3) is 0.250. The van der Waals surface area contributed by atoms with Crippen molar-refractivity contribution < 1.29 is 0 Å². The van der Waals surface area contributed by atoms with Gasteiger partial charge in [0.1, 0.15) is 0 Å². The number of allylic oxidation sites excluding steroid dienone is 1. The molecule has 0 nitrogen and oxygen atoms in total. The highest BCUT2D eigenvalue weighted by Crippen LogP contribution is 1.98. The van der Waals surface area contributed by atoms with Crippen LogP contribution in [0, 0.1) is 0 Å². The van der Waals surface area contributed by atoms with Crippen molar-refractivity contribution >= 4 is 23.2 Å². The summed E-state index contributed by atoms with van der Waals surface area (Å²) >= 11 is 9.69. The molecule has 0 spiro atoms. The van der Waals surface area contributed by atoms with Crippen molar-refractivity contribution in [3.8, 4) is 0 Å². The van der Waals surface area contributed by atoms with E-state index in [9.17, 15) is 0 Å². The molecular formula is C8H14Cl2. The minimum Gasteiger partial charge on any atom is -0.106 e. The molecule has 0 radical (unpaired) electrons. The summed E-state index contributed by atoms with van der Waals surface area (Å²) < 4.78 is 0.111. The molecule has 0 amide bonds. The summed E-state index contributed by atoms with van der Waals surface area (Å²) in [5, 5.41) is 0. The Labute approximate surface area is 73.8 Å². The first kappa shape index (κ1) is 16.4. The van der Waals surface area contributed by atoms with Crippen molar-refractivity contribution in [2.45, 2.75) is 13.8 Å². The molecule has 0 heterocycles. The molecule has 0 saturated carbocycles. The second kappa shape index (κ2) is 15.9. The molecule has 10 heavy (non-hydrogen) atoms. The van der Waals surface area contributed by atoms with Gasteiger partial charge in [0.15, 0.2) is 0 Å². The van der Waals surface area contributed by atoms with E-state index >= 15 is 0 Å².